The zero-order valence-electron chi connectivity index (χ0n) is 9.70. The molecule has 0 aromatic heterocycles. The van der Waals surface area contributed by atoms with Crippen molar-refractivity contribution in [2.45, 2.75) is 12.8 Å². The van der Waals surface area contributed by atoms with Gasteiger partial charge in [0.2, 0.25) is 0 Å². The molecule has 0 saturated heterocycles. The lowest BCUT2D eigenvalue weighted by Crippen LogP contribution is -2.21. The van der Waals surface area contributed by atoms with E-state index in [-0.39, 0.29) is 0 Å². The first kappa shape index (κ1) is 11.9. The smallest absolute Gasteiger partial charge is 0.0406 e. The van der Waals surface area contributed by atoms with Crippen molar-refractivity contribution in [3.05, 3.63) is 69.6 Å². The monoisotopic (exact) mass is 242 g/mol. The van der Waals surface area contributed by atoms with Crippen LogP contribution < -0.4 is 10.4 Å². The fraction of sp³-hybridized carbons (Fsp3) is 0.125. The molecule has 1 heteroatoms. The normalized spacial score (nSPS) is 11.7. The molecule has 2 rings (SSSR count). The SMILES string of the molecule is C=c1cccc/c1=C/CCc1ccc(Cl)cc1. The third-order valence-corrected chi connectivity index (χ3v) is 3.02. The van der Waals surface area contributed by atoms with Crippen LogP contribution in [0.1, 0.15) is 12.0 Å². The van der Waals surface area contributed by atoms with Crippen LogP contribution >= 0.6 is 11.6 Å². The average molecular weight is 243 g/mol. The van der Waals surface area contributed by atoms with Gasteiger partial charge in [-0.05, 0) is 41.0 Å². The summed E-state index contributed by atoms with van der Waals surface area (Å²) in [5.41, 5.74) is 1.31. The number of rotatable bonds is 3. The van der Waals surface area contributed by atoms with Gasteiger partial charge in [-0.1, -0.05) is 60.7 Å². The van der Waals surface area contributed by atoms with Gasteiger partial charge in [0.15, 0.2) is 0 Å². The Labute approximate surface area is 107 Å². The van der Waals surface area contributed by atoms with E-state index in [0.29, 0.717) is 0 Å². The van der Waals surface area contributed by atoms with E-state index in [0.717, 1.165) is 23.1 Å². The fourth-order valence-electron chi connectivity index (χ4n) is 1.78. The molecule has 0 heterocycles. The first-order valence-corrected chi connectivity index (χ1v) is 6.12. The number of aryl methyl sites for hydroxylation is 1. The predicted octanol–water partition coefficient (Wildman–Crippen LogP) is 3.16. The van der Waals surface area contributed by atoms with Gasteiger partial charge in [-0.25, -0.2) is 0 Å². The second-order valence-corrected chi connectivity index (χ2v) is 4.50. The summed E-state index contributed by atoms with van der Waals surface area (Å²) >= 11 is 5.85. The van der Waals surface area contributed by atoms with Crippen LogP contribution in [0.15, 0.2) is 48.5 Å². The Morgan fingerprint density at radius 3 is 2.41 bits per heavy atom. The van der Waals surface area contributed by atoms with Gasteiger partial charge in [-0.15, -0.1) is 0 Å². The maximum atomic E-state index is 5.85. The van der Waals surface area contributed by atoms with Gasteiger partial charge >= 0.3 is 0 Å². The van der Waals surface area contributed by atoms with E-state index in [1.807, 2.05) is 30.3 Å². The van der Waals surface area contributed by atoms with Gasteiger partial charge in [0.1, 0.15) is 0 Å². The van der Waals surface area contributed by atoms with Crippen LogP contribution in [0.2, 0.25) is 5.02 Å². The standard InChI is InChI=1S/C16H15Cl/c1-13-5-2-3-7-15(13)8-4-6-14-9-11-16(17)12-10-14/h2-3,5,7-12H,1,4,6H2/b15-8-. The zero-order valence-corrected chi connectivity index (χ0v) is 10.5. The molecule has 0 spiro atoms. The molecule has 0 unspecified atom stereocenters. The molecular weight excluding hydrogens is 228 g/mol. The first-order chi connectivity index (χ1) is 8.25. The lowest BCUT2D eigenvalue weighted by Gasteiger charge is -1.98. The molecule has 0 amide bonds. The van der Waals surface area contributed by atoms with Crippen molar-refractivity contribution < 1.29 is 0 Å². The quantitative estimate of drug-likeness (QED) is 0.776. The van der Waals surface area contributed by atoms with E-state index in [4.69, 9.17) is 11.6 Å². The Morgan fingerprint density at radius 1 is 1.00 bits per heavy atom. The minimum absolute atomic E-state index is 0.792. The summed E-state index contributed by atoms with van der Waals surface area (Å²) in [4.78, 5) is 0. The molecule has 0 fully saturated rings. The Bertz CT molecular complexity index is 582. The van der Waals surface area contributed by atoms with E-state index < -0.39 is 0 Å². The van der Waals surface area contributed by atoms with Crippen LogP contribution in [0.4, 0.5) is 0 Å². The number of hydrogen-bond donors (Lipinski definition) is 0. The highest BCUT2D eigenvalue weighted by atomic mass is 35.5. The molecule has 0 N–H and O–H groups in total. The van der Waals surface area contributed by atoms with E-state index in [2.05, 4.69) is 30.9 Å². The predicted molar refractivity (Wildman–Crippen MR) is 75.5 cm³/mol. The van der Waals surface area contributed by atoms with Crippen molar-refractivity contribution in [1.29, 1.82) is 0 Å². The van der Waals surface area contributed by atoms with Crippen molar-refractivity contribution in [3.63, 3.8) is 0 Å². The van der Waals surface area contributed by atoms with E-state index in [9.17, 15) is 0 Å². The van der Waals surface area contributed by atoms with Gasteiger partial charge in [-0.2, -0.15) is 0 Å². The number of benzene rings is 2. The highest BCUT2D eigenvalue weighted by Gasteiger charge is 1.91. The summed E-state index contributed by atoms with van der Waals surface area (Å²) in [6.07, 6.45) is 4.29. The topological polar surface area (TPSA) is 0 Å². The van der Waals surface area contributed by atoms with Crippen molar-refractivity contribution in [2.24, 2.45) is 0 Å². The van der Waals surface area contributed by atoms with Crippen LogP contribution in [-0.4, -0.2) is 0 Å². The van der Waals surface area contributed by atoms with Crippen LogP contribution in [-0.2, 0) is 6.42 Å². The maximum Gasteiger partial charge on any atom is 0.0406 e. The lowest BCUT2D eigenvalue weighted by molar-refractivity contribution is 1.04. The van der Waals surface area contributed by atoms with Gasteiger partial charge in [0, 0.05) is 5.02 Å². The molecular formula is C16H15Cl. The summed E-state index contributed by atoms with van der Waals surface area (Å²) in [5.74, 6) is 0. The Balaban J connectivity index is 2.05. The molecule has 2 aromatic rings. The summed E-state index contributed by atoms with van der Waals surface area (Å²) in [6, 6.07) is 16.2. The van der Waals surface area contributed by atoms with Gasteiger partial charge in [0.25, 0.3) is 0 Å². The van der Waals surface area contributed by atoms with Crippen LogP contribution in [0, 0.1) is 0 Å². The molecule has 0 radical (unpaired) electrons. The maximum absolute atomic E-state index is 5.85. The fourth-order valence-corrected chi connectivity index (χ4v) is 1.90. The second-order valence-electron chi connectivity index (χ2n) is 4.07. The van der Waals surface area contributed by atoms with Crippen molar-refractivity contribution in [3.8, 4) is 0 Å². The zero-order chi connectivity index (χ0) is 12.1. The molecule has 0 saturated carbocycles. The molecule has 0 aliphatic carbocycles. The van der Waals surface area contributed by atoms with Crippen molar-refractivity contribution >= 4 is 24.3 Å². The largest absolute Gasteiger partial charge is 0.0912 e. The molecule has 0 nitrogen and oxygen atoms in total. The Hall–Kier alpha value is -1.53. The average Bonchev–Trinajstić information content (AvgIpc) is 2.34. The molecule has 0 bridgehead atoms. The molecule has 2 aromatic carbocycles. The number of hydrogen-bond acceptors (Lipinski definition) is 0. The minimum atomic E-state index is 0.792. The summed E-state index contributed by atoms with van der Waals surface area (Å²) in [7, 11) is 0. The minimum Gasteiger partial charge on any atom is -0.0912 e. The number of halogens is 1. The van der Waals surface area contributed by atoms with Gasteiger partial charge in [0.05, 0.1) is 0 Å². The summed E-state index contributed by atoms with van der Waals surface area (Å²) in [5, 5.41) is 3.10. The third kappa shape index (κ3) is 3.47. The highest BCUT2D eigenvalue weighted by molar-refractivity contribution is 6.30. The molecule has 0 aliphatic rings. The van der Waals surface area contributed by atoms with Gasteiger partial charge in [-0.3, -0.25) is 0 Å². The van der Waals surface area contributed by atoms with E-state index >= 15 is 0 Å². The highest BCUT2D eigenvalue weighted by Crippen LogP contribution is 2.10. The third-order valence-electron chi connectivity index (χ3n) is 2.77. The second kappa shape index (κ2) is 5.70. The molecule has 17 heavy (non-hydrogen) atoms. The van der Waals surface area contributed by atoms with Crippen molar-refractivity contribution in [1.82, 2.24) is 0 Å². The molecule has 0 atom stereocenters. The van der Waals surface area contributed by atoms with Gasteiger partial charge < -0.3 is 0 Å². The van der Waals surface area contributed by atoms with E-state index in [1.165, 1.54) is 10.8 Å². The van der Waals surface area contributed by atoms with E-state index in [1.54, 1.807) is 0 Å². The summed E-state index contributed by atoms with van der Waals surface area (Å²) < 4.78 is 0. The molecule has 0 aliphatic heterocycles. The molecule has 86 valence electrons. The Morgan fingerprint density at radius 2 is 1.71 bits per heavy atom. The Kier molecular flexibility index (Phi) is 4.00. The lowest BCUT2D eigenvalue weighted by atomic mass is 10.1. The summed E-state index contributed by atoms with van der Waals surface area (Å²) in [6.45, 7) is 4.01. The first-order valence-electron chi connectivity index (χ1n) is 5.74. The van der Waals surface area contributed by atoms with Crippen LogP contribution in [0.25, 0.3) is 12.7 Å². The van der Waals surface area contributed by atoms with Crippen LogP contribution in [0.3, 0.4) is 0 Å². The van der Waals surface area contributed by atoms with Crippen LogP contribution in [0.5, 0.6) is 0 Å². The van der Waals surface area contributed by atoms with Crippen molar-refractivity contribution in [2.75, 3.05) is 0 Å².